The molecule has 0 radical (unpaired) electrons. The maximum atomic E-state index is 12.6. The molecule has 5 nitrogen and oxygen atoms in total. The van der Waals surface area contributed by atoms with Gasteiger partial charge in [0, 0.05) is 23.7 Å². The monoisotopic (exact) mass is 406 g/mol. The molecule has 1 atom stereocenters. The largest absolute Gasteiger partial charge is 0.321 e. The van der Waals surface area contributed by atoms with E-state index in [0.29, 0.717) is 16.5 Å². The maximum Gasteiger partial charge on any atom is 0.265 e. The van der Waals surface area contributed by atoms with Gasteiger partial charge in [-0.2, -0.15) is 4.31 Å². The minimum Gasteiger partial charge on any atom is -0.321 e. The maximum absolute atomic E-state index is 12.6. The molecule has 1 heterocycles. The van der Waals surface area contributed by atoms with Crippen molar-refractivity contribution >= 4 is 33.0 Å². The van der Waals surface area contributed by atoms with E-state index < -0.39 is 10.0 Å². The van der Waals surface area contributed by atoms with Crippen molar-refractivity contribution in [3.63, 3.8) is 0 Å². The highest BCUT2D eigenvalue weighted by Gasteiger charge is 2.23. The van der Waals surface area contributed by atoms with Crippen molar-refractivity contribution < 1.29 is 13.2 Å². The van der Waals surface area contributed by atoms with Crippen LogP contribution in [0.3, 0.4) is 0 Å². The Balaban J connectivity index is 1.73. The standard InChI is InChI=1S/C20H26N2O3S2/c1-13(2)22(4)27(24,25)17-8-6-16(7-9-17)21-20(23)19-12-15-11-14(3)5-10-18(15)26-19/h6-9,12-14H,5,10-11H2,1-4H3,(H,21,23)/t14-/m0/s1. The Kier molecular flexibility index (Phi) is 5.74. The minimum atomic E-state index is -3.52. The molecule has 0 fully saturated rings. The second kappa shape index (κ2) is 7.73. The summed E-state index contributed by atoms with van der Waals surface area (Å²) in [7, 11) is -1.96. The normalized spacial score (nSPS) is 17.2. The summed E-state index contributed by atoms with van der Waals surface area (Å²) in [5.41, 5.74) is 1.88. The summed E-state index contributed by atoms with van der Waals surface area (Å²) in [5, 5.41) is 2.87. The van der Waals surface area contributed by atoms with Crippen LogP contribution in [-0.4, -0.2) is 31.7 Å². The van der Waals surface area contributed by atoms with Crippen molar-refractivity contribution in [2.24, 2.45) is 5.92 Å². The van der Waals surface area contributed by atoms with Crippen LogP contribution >= 0.6 is 11.3 Å². The fourth-order valence-electron chi connectivity index (χ4n) is 3.16. The van der Waals surface area contributed by atoms with E-state index in [1.165, 1.54) is 33.3 Å². The molecule has 1 N–H and O–H groups in total. The molecule has 0 saturated heterocycles. The molecule has 146 valence electrons. The zero-order valence-corrected chi connectivity index (χ0v) is 17.8. The van der Waals surface area contributed by atoms with Crippen molar-refractivity contribution in [3.05, 3.63) is 45.6 Å². The van der Waals surface area contributed by atoms with Gasteiger partial charge in [-0.25, -0.2) is 8.42 Å². The number of hydrogen-bond donors (Lipinski definition) is 1. The summed E-state index contributed by atoms with van der Waals surface area (Å²) in [4.78, 5) is 14.8. The molecule has 0 unspecified atom stereocenters. The number of sulfonamides is 1. The van der Waals surface area contributed by atoms with E-state index >= 15 is 0 Å². The lowest BCUT2D eigenvalue weighted by Crippen LogP contribution is -2.33. The van der Waals surface area contributed by atoms with Gasteiger partial charge in [0.05, 0.1) is 9.77 Å². The van der Waals surface area contributed by atoms with Crippen LogP contribution in [0.25, 0.3) is 0 Å². The Hall–Kier alpha value is -1.70. The fraction of sp³-hybridized carbons (Fsp3) is 0.450. The molecule has 0 bridgehead atoms. The first kappa shape index (κ1) is 20.0. The van der Waals surface area contributed by atoms with Gasteiger partial charge in [0.2, 0.25) is 10.0 Å². The number of nitrogens with zero attached hydrogens (tertiary/aromatic N) is 1. The predicted octanol–water partition coefficient (Wildman–Crippen LogP) is 4.15. The van der Waals surface area contributed by atoms with Gasteiger partial charge in [-0.05, 0) is 74.9 Å². The minimum absolute atomic E-state index is 0.123. The lowest BCUT2D eigenvalue weighted by Gasteiger charge is -2.21. The van der Waals surface area contributed by atoms with E-state index in [9.17, 15) is 13.2 Å². The summed E-state index contributed by atoms with van der Waals surface area (Å²) < 4.78 is 26.3. The third-order valence-electron chi connectivity index (χ3n) is 5.07. The van der Waals surface area contributed by atoms with Gasteiger partial charge in [0.15, 0.2) is 0 Å². The topological polar surface area (TPSA) is 66.5 Å². The second-order valence-electron chi connectivity index (χ2n) is 7.50. The SMILES string of the molecule is CC(C)N(C)S(=O)(=O)c1ccc(NC(=O)c2cc3c(s2)CC[C@H](C)C3)cc1. The van der Waals surface area contributed by atoms with Crippen LogP contribution in [-0.2, 0) is 22.9 Å². The van der Waals surface area contributed by atoms with Gasteiger partial charge in [-0.15, -0.1) is 11.3 Å². The second-order valence-corrected chi connectivity index (χ2v) is 10.6. The van der Waals surface area contributed by atoms with Crippen molar-refractivity contribution in [2.45, 2.75) is 51.0 Å². The summed E-state index contributed by atoms with van der Waals surface area (Å²) in [6, 6.07) is 8.21. The number of carbonyl (C=O) groups is 1. The van der Waals surface area contributed by atoms with Gasteiger partial charge in [-0.3, -0.25) is 4.79 Å². The number of nitrogens with one attached hydrogen (secondary N) is 1. The first-order valence-corrected chi connectivity index (χ1v) is 11.4. The molecule has 0 spiro atoms. The zero-order chi connectivity index (χ0) is 19.8. The Labute approximate surface area is 165 Å². The number of thiophene rings is 1. The molecule has 0 aliphatic heterocycles. The molecule has 7 heteroatoms. The van der Waals surface area contributed by atoms with Gasteiger partial charge < -0.3 is 5.32 Å². The van der Waals surface area contributed by atoms with E-state index in [2.05, 4.69) is 12.2 Å². The first-order chi connectivity index (χ1) is 12.7. The number of benzene rings is 1. The fourth-order valence-corrected chi connectivity index (χ4v) is 5.64. The van der Waals surface area contributed by atoms with Crippen molar-refractivity contribution in [3.8, 4) is 0 Å². The first-order valence-electron chi connectivity index (χ1n) is 9.19. The van der Waals surface area contributed by atoms with E-state index in [0.717, 1.165) is 12.8 Å². The molecule has 1 aliphatic rings. The van der Waals surface area contributed by atoms with Gasteiger partial charge >= 0.3 is 0 Å². The Morgan fingerprint density at radius 3 is 2.56 bits per heavy atom. The number of fused-ring (bicyclic) bond motifs is 1. The Bertz CT molecular complexity index is 931. The number of carbonyl (C=O) groups excluding carboxylic acids is 1. The number of aryl methyl sites for hydroxylation is 1. The average molecular weight is 407 g/mol. The number of rotatable bonds is 5. The number of amides is 1. The van der Waals surface area contributed by atoms with Gasteiger partial charge in [-0.1, -0.05) is 6.92 Å². The lowest BCUT2D eigenvalue weighted by atomic mass is 9.90. The van der Waals surface area contributed by atoms with Crippen LogP contribution in [0.5, 0.6) is 0 Å². The molecule has 27 heavy (non-hydrogen) atoms. The van der Waals surface area contributed by atoms with Crippen LogP contribution in [0.1, 0.15) is 47.3 Å². The molecule has 0 saturated carbocycles. The van der Waals surface area contributed by atoms with Crippen molar-refractivity contribution in [1.82, 2.24) is 4.31 Å². The third-order valence-corrected chi connectivity index (χ3v) is 8.35. The highest BCUT2D eigenvalue weighted by Crippen LogP contribution is 2.32. The summed E-state index contributed by atoms with van der Waals surface area (Å²) in [5.74, 6) is 0.526. The molecule has 1 aromatic heterocycles. The van der Waals surface area contributed by atoms with Crippen LogP contribution in [0, 0.1) is 5.92 Å². The molecule has 1 amide bonds. The van der Waals surface area contributed by atoms with Crippen LogP contribution in [0.15, 0.2) is 35.2 Å². The van der Waals surface area contributed by atoms with E-state index in [-0.39, 0.29) is 16.8 Å². The number of hydrogen-bond acceptors (Lipinski definition) is 4. The van der Waals surface area contributed by atoms with Crippen LogP contribution < -0.4 is 5.32 Å². The zero-order valence-electron chi connectivity index (χ0n) is 16.2. The van der Waals surface area contributed by atoms with Crippen molar-refractivity contribution in [1.29, 1.82) is 0 Å². The van der Waals surface area contributed by atoms with E-state index in [1.807, 2.05) is 19.9 Å². The smallest absolute Gasteiger partial charge is 0.265 e. The van der Waals surface area contributed by atoms with E-state index in [1.54, 1.807) is 30.5 Å². The van der Waals surface area contributed by atoms with Gasteiger partial charge in [0.25, 0.3) is 5.91 Å². The molecule has 1 aliphatic carbocycles. The molecule has 2 aromatic rings. The molecule has 3 rings (SSSR count). The van der Waals surface area contributed by atoms with E-state index in [4.69, 9.17) is 0 Å². The summed E-state index contributed by atoms with van der Waals surface area (Å²) >= 11 is 1.56. The van der Waals surface area contributed by atoms with Gasteiger partial charge in [0.1, 0.15) is 0 Å². The third kappa shape index (κ3) is 4.25. The quantitative estimate of drug-likeness (QED) is 0.811. The highest BCUT2D eigenvalue weighted by molar-refractivity contribution is 7.89. The molecule has 1 aromatic carbocycles. The van der Waals surface area contributed by atoms with Crippen LogP contribution in [0.4, 0.5) is 5.69 Å². The van der Waals surface area contributed by atoms with Crippen molar-refractivity contribution in [2.75, 3.05) is 12.4 Å². The Morgan fingerprint density at radius 2 is 1.93 bits per heavy atom. The summed E-state index contributed by atoms with van der Waals surface area (Å²) in [6.45, 7) is 5.90. The Morgan fingerprint density at radius 1 is 1.26 bits per heavy atom. The lowest BCUT2D eigenvalue weighted by molar-refractivity contribution is 0.103. The average Bonchev–Trinajstić information content (AvgIpc) is 3.04. The highest BCUT2D eigenvalue weighted by atomic mass is 32.2. The molecular weight excluding hydrogens is 380 g/mol. The predicted molar refractivity (Wildman–Crippen MR) is 110 cm³/mol. The summed E-state index contributed by atoms with van der Waals surface area (Å²) in [6.07, 6.45) is 3.26. The van der Waals surface area contributed by atoms with Crippen LogP contribution in [0.2, 0.25) is 0 Å². The number of anilines is 1. The molecular formula is C20H26N2O3S2.